The Bertz CT molecular complexity index is 967. The Hall–Kier alpha value is -3.14. The maximum absolute atomic E-state index is 13.0. The van der Waals surface area contributed by atoms with E-state index in [0.29, 0.717) is 11.4 Å². The number of hydrogen-bond acceptors (Lipinski definition) is 3. The van der Waals surface area contributed by atoms with Gasteiger partial charge in [-0.2, -0.15) is 4.39 Å². The summed E-state index contributed by atoms with van der Waals surface area (Å²) in [7, 11) is 0. The average molecular weight is 301 g/mol. The maximum atomic E-state index is 13.0. The van der Waals surface area contributed by atoms with Crippen molar-refractivity contribution in [1.29, 1.82) is 0 Å². The fraction of sp³-hybridized carbons (Fsp3) is 0. The van der Waals surface area contributed by atoms with E-state index < -0.39 is 5.95 Å². The molecule has 0 bridgehead atoms. The zero-order valence-corrected chi connectivity index (χ0v) is 12.1. The van der Waals surface area contributed by atoms with Gasteiger partial charge in [0.05, 0.1) is 11.2 Å². The summed E-state index contributed by atoms with van der Waals surface area (Å²) in [6.07, 6.45) is 1.45. The lowest BCUT2D eigenvalue weighted by atomic mass is 10.1. The third-order valence-corrected chi connectivity index (χ3v) is 3.64. The summed E-state index contributed by atoms with van der Waals surface area (Å²) in [5.41, 5.74) is 3.41. The van der Waals surface area contributed by atoms with Crippen LogP contribution in [0.1, 0.15) is 0 Å². The van der Waals surface area contributed by atoms with Crippen LogP contribution in [-0.2, 0) is 0 Å². The van der Waals surface area contributed by atoms with Gasteiger partial charge in [0.2, 0.25) is 5.95 Å². The Balaban J connectivity index is 1.99. The molecule has 4 aromatic rings. The zero-order chi connectivity index (χ0) is 15.6. The molecule has 0 aliphatic heterocycles. The highest BCUT2D eigenvalue weighted by molar-refractivity contribution is 5.93. The van der Waals surface area contributed by atoms with E-state index in [1.807, 2.05) is 54.6 Å². The van der Waals surface area contributed by atoms with Gasteiger partial charge in [0.1, 0.15) is 0 Å². The lowest BCUT2D eigenvalue weighted by molar-refractivity contribution is 0.584. The monoisotopic (exact) mass is 301 g/mol. The standard InChI is InChI=1S/C19H12FN3/c20-17-11-10-14(12-21-17)19-22-16-9-5-4-8-15(16)18(23-19)13-6-2-1-3-7-13/h1-12H. The Kier molecular flexibility index (Phi) is 3.27. The van der Waals surface area contributed by atoms with Gasteiger partial charge in [-0.15, -0.1) is 0 Å². The molecule has 0 N–H and O–H groups in total. The van der Waals surface area contributed by atoms with Crippen LogP contribution >= 0.6 is 0 Å². The highest BCUT2D eigenvalue weighted by Gasteiger charge is 2.11. The largest absolute Gasteiger partial charge is 0.228 e. The molecular weight excluding hydrogens is 289 g/mol. The van der Waals surface area contributed by atoms with E-state index in [9.17, 15) is 4.39 Å². The van der Waals surface area contributed by atoms with E-state index in [1.165, 1.54) is 12.3 Å². The van der Waals surface area contributed by atoms with Gasteiger partial charge in [0.25, 0.3) is 0 Å². The number of benzene rings is 2. The normalized spacial score (nSPS) is 10.8. The summed E-state index contributed by atoms with van der Waals surface area (Å²) < 4.78 is 13.0. The first kappa shape index (κ1) is 13.5. The van der Waals surface area contributed by atoms with Gasteiger partial charge in [0, 0.05) is 22.7 Å². The summed E-state index contributed by atoms with van der Waals surface area (Å²) in [5, 5.41) is 0.984. The fourth-order valence-corrected chi connectivity index (χ4v) is 2.53. The number of rotatable bonds is 2. The van der Waals surface area contributed by atoms with Crippen LogP contribution in [-0.4, -0.2) is 15.0 Å². The van der Waals surface area contributed by atoms with E-state index in [0.717, 1.165) is 22.2 Å². The van der Waals surface area contributed by atoms with Crippen molar-refractivity contribution >= 4 is 10.9 Å². The molecule has 0 saturated heterocycles. The second-order valence-electron chi connectivity index (χ2n) is 5.15. The van der Waals surface area contributed by atoms with Crippen molar-refractivity contribution in [2.24, 2.45) is 0 Å². The van der Waals surface area contributed by atoms with Crippen LogP contribution in [0.4, 0.5) is 4.39 Å². The lowest BCUT2D eigenvalue weighted by Crippen LogP contribution is -1.95. The van der Waals surface area contributed by atoms with E-state index in [1.54, 1.807) is 6.07 Å². The maximum Gasteiger partial charge on any atom is 0.212 e. The molecule has 0 saturated carbocycles. The number of pyridine rings is 1. The lowest BCUT2D eigenvalue weighted by Gasteiger charge is -2.09. The number of nitrogens with zero attached hydrogens (tertiary/aromatic N) is 3. The van der Waals surface area contributed by atoms with Gasteiger partial charge in [-0.25, -0.2) is 15.0 Å². The molecule has 2 heterocycles. The van der Waals surface area contributed by atoms with Gasteiger partial charge in [-0.3, -0.25) is 0 Å². The van der Waals surface area contributed by atoms with Crippen LogP contribution < -0.4 is 0 Å². The van der Waals surface area contributed by atoms with E-state index in [4.69, 9.17) is 4.98 Å². The highest BCUT2D eigenvalue weighted by Crippen LogP contribution is 2.28. The molecule has 0 aliphatic carbocycles. The molecule has 0 unspecified atom stereocenters. The number of fused-ring (bicyclic) bond motifs is 1. The minimum atomic E-state index is -0.516. The Morgan fingerprint density at radius 1 is 0.696 bits per heavy atom. The quantitative estimate of drug-likeness (QED) is 0.512. The molecule has 2 aromatic heterocycles. The third-order valence-electron chi connectivity index (χ3n) is 3.64. The smallest absolute Gasteiger partial charge is 0.212 e. The minimum absolute atomic E-state index is 0.516. The van der Waals surface area contributed by atoms with Crippen LogP contribution in [0.3, 0.4) is 0 Å². The van der Waals surface area contributed by atoms with Crippen molar-refractivity contribution in [3.05, 3.63) is 78.9 Å². The molecular formula is C19H12FN3. The van der Waals surface area contributed by atoms with Crippen LogP contribution in [0.25, 0.3) is 33.5 Å². The second-order valence-corrected chi connectivity index (χ2v) is 5.15. The second kappa shape index (κ2) is 5.57. The van der Waals surface area contributed by atoms with Crippen molar-refractivity contribution in [3.63, 3.8) is 0 Å². The fourth-order valence-electron chi connectivity index (χ4n) is 2.53. The third kappa shape index (κ3) is 2.55. The summed E-state index contributed by atoms with van der Waals surface area (Å²) >= 11 is 0. The van der Waals surface area contributed by atoms with E-state index >= 15 is 0 Å². The predicted molar refractivity (Wildman–Crippen MR) is 88.2 cm³/mol. The molecule has 0 atom stereocenters. The van der Waals surface area contributed by atoms with Gasteiger partial charge >= 0.3 is 0 Å². The van der Waals surface area contributed by atoms with Crippen LogP contribution in [0.5, 0.6) is 0 Å². The van der Waals surface area contributed by atoms with E-state index in [-0.39, 0.29) is 0 Å². The highest BCUT2D eigenvalue weighted by atomic mass is 19.1. The van der Waals surface area contributed by atoms with Crippen molar-refractivity contribution in [3.8, 4) is 22.6 Å². The molecule has 3 nitrogen and oxygen atoms in total. The van der Waals surface area contributed by atoms with Gasteiger partial charge < -0.3 is 0 Å². The molecule has 4 rings (SSSR count). The van der Waals surface area contributed by atoms with Gasteiger partial charge in [0.15, 0.2) is 5.82 Å². The molecule has 0 fully saturated rings. The summed E-state index contributed by atoms with van der Waals surface area (Å²) in [6.45, 7) is 0. The van der Waals surface area contributed by atoms with Gasteiger partial charge in [-0.1, -0.05) is 48.5 Å². The molecule has 0 radical (unpaired) electrons. The number of para-hydroxylation sites is 1. The van der Waals surface area contributed by atoms with Crippen molar-refractivity contribution in [2.45, 2.75) is 0 Å². The first-order valence-electron chi connectivity index (χ1n) is 7.25. The molecule has 4 heteroatoms. The minimum Gasteiger partial charge on any atom is -0.228 e. The summed E-state index contributed by atoms with van der Waals surface area (Å²) in [5.74, 6) is 0.0212. The zero-order valence-electron chi connectivity index (χ0n) is 12.1. The van der Waals surface area contributed by atoms with E-state index in [2.05, 4.69) is 9.97 Å². The number of aromatic nitrogens is 3. The average Bonchev–Trinajstić information content (AvgIpc) is 2.62. The molecule has 2 aromatic carbocycles. The topological polar surface area (TPSA) is 38.7 Å². The van der Waals surface area contributed by atoms with Crippen molar-refractivity contribution in [2.75, 3.05) is 0 Å². The summed E-state index contributed by atoms with van der Waals surface area (Å²) in [6, 6.07) is 20.8. The van der Waals surface area contributed by atoms with Crippen LogP contribution in [0.15, 0.2) is 72.9 Å². The van der Waals surface area contributed by atoms with Crippen molar-refractivity contribution < 1.29 is 4.39 Å². The Morgan fingerprint density at radius 2 is 1.48 bits per heavy atom. The Labute approximate surface area is 132 Å². The van der Waals surface area contributed by atoms with Crippen molar-refractivity contribution in [1.82, 2.24) is 15.0 Å². The van der Waals surface area contributed by atoms with Crippen LogP contribution in [0, 0.1) is 5.95 Å². The number of hydrogen-bond donors (Lipinski definition) is 0. The summed E-state index contributed by atoms with van der Waals surface area (Å²) in [4.78, 5) is 13.0. The van der Waals surface area contributed by atoms with Gasteiger partial charge in [-0.05, 0) is 18.2 Å². The van der Waals surface area contributed by atoms with Crippen LogP contribution in [0.2, 0.25) is 0 Å². The SMILES string of the molecule is Fc1ccc(-c2nc(-c3ccccc3)c3ccccc3n2)cn1. The predicted octanol–water partition coefficient (Wildman–Crippen LogP) is 4.50. The molecule has 23 heavy (non-hydrogen) atoms. The molecule has 0 spiro atoms. The molecule has 0 amide bonds. The molecule has 110 valence electrons. The first-order chi connectivity index (χ1) is 11.3. The first-order valence-corrected chi connectivity index (χ1v) is 7.25. The Morgan fingerprint density at radius 3 is 2.26 bits per heavy atom. The number of halogens is 1. The molecule has 0 aliphatic rings.